The summed E-state index contributed by atoms with van der Waals surface area (Å²) in [5.74, 6) is -0.698. The van der Waals surface area contributed by atoms with Gasteiger partial charge in [-0.15, -0.1) is 0 Å². The molecule has 0 saturated heterocycles. The number of hydrogen-bond donors (Lipinski definition) is 1. The third-order valence-electron chi connectivity index (χ3n) is 4.10. The van der Waals surface area contributed by atoms with E-state index in [2.05, 4.69) is 5.32 Å². The average molecular weight is 438 g/mol. The molecule has 13 heteroatoms. The largest absolute Gasteiger partial charge is 0.495 e. The van der Waals surface area contributed by atoms with Crippen LogP contribution >= 0.6 is 0 Å². The van der Waals surface area contributed by atoms with E-state index in [0.29, 0.717) is 4.31 Å². The van der Waals surface area contributed by atoms with Gasteiger partial charge in [-0.25, -0.2) is 8.42 Å². The van der Waals surface area contributed by atoms with E-state index in [1.807, 2.05) is 0 Å². The van der Waals surface area contributed by atoms with Crippen LogP contribution in [0.4, 0.5) is 22.7 Å². The molecule has 160 valence electrons. The van der Waals surface area contributed by atoms with Gasteiger partial charge in [0.05, 0.1) is 40.2 Å². The summed E-state index contributed by atoms with van der Waals surface area (Å²) in [6.07, 6.45) is 0.854. The number of sulfonamides is 1. The number of amides is 1. The number of non-ortho nitro benzene ring substituents is 1. The fourth-order valence-corrected chi connectivity index (χ4v) is 3.59. The topological polar surface area (TPSA) is 162 Å². The quantitative estimate of drug-likeness (QED) is 0.484. The van der Waals surface area contributed by atoms with E-state index in [-0.39, 0.29) is 34.1 Å². The monoisotopic (exact) mass is 438 g/mol. The first-order chi connectivity index (χ1) is 14.0. The molecule has 30 heavy (non-hydrogen) atoms. The van der Waals surface area contributed by atoms with Gasteiger partial charge in [-0.1, -0.05) is 6.07 Å². The molecule has 2 aromatic rings. The van der Waals surface area contributed by atoms with Crippen molar-refractivity contribution in [2.45, 2.75) is 6.92 Å². The molecule has 12 nitrogen and oxygen atoms in total. The molecular weight excluding hydrogens is 420 g/mol. The highest BCUT2D eigenvalue weighted by atomic mass is 32.2. The van der Waals surface area contributed by atoms with Crippen LogP contribution in [-0.4, -0.2) is 44.1 Å². The summed E-state index contributed by atoms with van der Waals surface area (Å²) < 4.78 is 30.3. The van der Waals surface area contributed by atoms with Gasteiger partial charge in [0.15, 0.2) is 0 Å². The van der Waals surface area contributed by atoms with Crippen molar-refractivity contribution in [1.82, 2.24) is 0 Å². The predicted molar refractivity (Wildman–Crippen MR) is 108 cm³/mol. The molecule has 0 saturated carbocycles. The van der Waals surface area contributed by atoms with Gasteiger partial charge in [-0.05, 0) is 19.1 Å². The second-order valence-electron chi connectivity index (χ2n) is 6.14. The summed E-state index contributed by atoms with van der Waals surface area (Å²) in [6.45, 7) is 0.653. The fourth-order valence-electron chi connectivity index (χ4n) is 2.69. The van der Waals surface area contributed by atoms with Gasteiger partial charge in [-0.2, -0.15) is 0 Å². The van der Waals surface area contributed by atoms with Crippen molar-refractivity contribution in [2.75, 3.05) is 29.5 Å². The first-order valence-corrected chi connectivity index (χ1v) is 10.1. The fraction of sp³-hybridized carbons (Fsp3) is 0.235. The highest BCUT2D eigenvalue weighted by Crippen LogP contribution is 2.31. The summed E-state index contributed by atoms with van der Waals surface area (Å²) in [5.41, 5.74) is -0.607. The predicted octanol–water partition coefficient (Wildman–Crippen LogP) is 2.22. The average Bonchev–Trinajstić information content (AvgIpc) is 2.65. The van der Waals surface area contributed by atoms with Crippen LogP contribution in [0.25, 0.3) is 0 Å². The highest BCUT2D eigenvalue weighted by Gasteiger charge is 2.26. The van der Waals surface area contributed by atoms with Crippen molar-refractivity contribution in [3.05, 3.63) is 62.2 Å². The molecule has 0 atom stereocenters. The molecule has 1 amide bonds. The standard InChI is InChI=1S/C17H18N4O8S/c1-11-14(5-4-6-15(11)21(25)26)19(30(3,27)28)10-17(22)18-13-9-12(20(23)24)7-8-16(13)29-2/h4-9H,10H2,1-3H3,(H,18,22). The summed E-state index contributed by atoms with van der Waals surface area (Å²) in [7, 11) is -2.70. The number of rotatable bonds is 8. The minimum Gasteiger partial charge on any atom is -0.495 e. The van der Waals surface area contributed by atoms with Gasteiger partial charge in [0.2, 0.25) is 15.9 Å². The Bertz CT molecular complexity index is 1120. The van der Waals surface area contributed by atoms with Crippen molar-refractivity contribution in [1.29, 1.82) is 0 Å². The molecule has 0 heterocycles. The minimum atomic E-state index is -4.00. The number of ether oxygens (including phenoxy) is 1. The normalized spacial score (nSPS) is 10.9. The van der Waals surface area contributed by atoms with Crippen molar-refractivity contribution >= 4 is 38.7 Å². The number of benzene rings is 2. The third-order valence-corrected chi connectivity index (χ3v) is 5.22. The number of anilines is 2. The molecule has 0 aliphatic heterocycles. The molecule has 0 radical (unpaired) electrons. The Morgan fingerprint density at radius 1 is 1.17 bits per heavy atom. The highest BCUT2D eigenvalue weighted by molar-refractivity contribution is 7.92. The lowest BCUT2D eigenvalue weighted by Gasteiger charge is -2.23. The van der Waals surface area contributed by atoms with E-state index in [1.165, 1.54) is 44.4 Å². The number of hydrogen-bond acceptors (Lipinski definition) is 8. The Labute approximate surface area is 171 Å². The van der Waals surface area contributed by atoms with Gasteiger partial charge >= 0.3 is 0 Å². The first-order valence-electron chi connectivity index (χ1n) is 8.29. The lowest BCUT2D eigenvalue weighted by atomic mass is 10.1. The third kappa shape index (κ3) is 5.00. The Morgan fingerprint density at radius 3 is 2.37 bits per heavy atom. The SMILES string of the molecule is COc1ccc([N+](=O)[O-])cc1NC(=O)CN(c1cccc([N+](=O)[O-])c1C)S(C)(=O)=O. The Balaban J connectivity index is 2.39. The van der Waals surface area contributed by atoms with Crippen molar-refractivity contribution in [2.24, 2.45) is 0 Å². The molecule has 0 aliphatic rings. The van der Waals surface area contributed by atoms with Crippen LogP contribution in [0.2, 0.25) is 0 Å². The number of methoxy groups -OCH3 is 1. The molecule has 0 aromatic heterocycles. The summed E-state index contributed by atoms with van der Waals surface area (Å²) in [6, 6.07) is 7.40. The molecule has 1 N–H and O–H groups in total. The maximum atomic E-state index is 12.5. The molecule has 0 bridgehead atoms. The second-order valence-corrected chi connectivity index (χ2v) is 8.04. The van der Waals surface area contributed by atoms with Crippen LogP contribution in [0.1, 0.15) is 5.56 Å². The number of nitro groups is 2. The van der Waals surface area contributed by atoms with Gasteiger partial charge in [0, 0.05) is 18.2 Å². The maximum absolute atomic E-state index is 12.5. The van der Waals surface area contributed by atoms with Crippen LogP contribution < -0.4 is 14.4 Å². The van der Waals surface area contributed by atoms with Crippen LogP contribution in [0.3, 0.4) is 0 Å². The number of nitro benzene ring substituents is 2. The van der Waals surface area contributed by atoms with Gasteiger partial charge in [-0.3, -0.25) is 29.3 Å². The molecule has 0 spiro atoms. The summed E-state index contributed by atoms with van der Waals surface area (Å²) in [4.78, 5) is 33.3. The Hall–Kier alpha value is -3.74. The van der Waals surface area contributed by atoms with Crippen LogP contribution in [0.5, 0.6) is 5.75 Å². The number of nitrogens with zero attached hydrogens (tertiary/aromatic N) is 3. The van der Waals surface area contributed by atoms with E-state index in [9.17, 15) is 33.4 Å². The number of nitrogens with one attached hydrogen (secondary N) is 1. The molecule has 2 aromatic carbocycles. The molecular formula is C17H18N4O8S. The number of carbonyl (C=O) groups excluding carboxylic acids is 1. The van der Waals surface area contributed by atoms with Crippen molar-refractivity contribution in [3.8, 4) is 5.75 Å². The zero-order chi connectivity index (χ0) is 22.6. The minimum absolute atomic E-state index is 0.0269. The molecule has 2 rings (SSSR count). The molecule has 0 aliphatic carbocycles. The smallest absolute Gasteiger partial charge is 0.274 e. The van der Waals surface area contributed by atoms with E-state index < -0.39 is 32.3 Å². The lowest BCUT2D eigenvalue weighted by molar-refractivity contribution is -0.385. The van der Waals surface area contributed by atoms with E-state index in [4.69, 9.17) is 4.74 Å². The molecule has 0 fully saturated rings. The van der Waals surface area contributed by atoms with E-state index >= 15 is 0 Å². The summed E-state index contributed by atoms with van der Waals surface area (Å²) >= 11 is 0. The zero-order valence-corrected chi connectivity index (χ0v) is 17.0. The Morgan fingerprint density at radius 2 is 1.83 bits per heavy atom. The molecule has 0 unspecified atom stereocenters. The van der Waals surface area contributed by atoms with Crippen LogP contribution in [-0.2, 0) is 14.8 Å². The van der Waals surface area contributed by atoms with Crippen molar-refractivity contribution in [3.63, 3.8) is 0 Å². The maximum Gasteiger partial charge on any atom is 0.274 e. The van der Waals surface area contributed by atoms with Crippen LogP contribution in [0.15, 0.2) is 36.4 Å². The second kappa shape index (κ2) is 8.73. The first kappa shape index (κ1) is 22.5. The summed E-state index contributed by atoms with van der Waals surface area (Å²) in [5, 5.41) is 24.5. The van der Waals surface area contributed by atoms with Crippen molar-refractivity contribution < 1.29 is 27.8 Å². The van der Waals surface area contributed by atoms with E-state index in [1.54, 1.807) is 0 Å². The Kier molecular flexibility index (Phi) is 6.56. The van der Waals surface area contributed by atoms with Gasteiger partial charge in [0.25, 0.3) is 11.4 Å². The number of carbonyl (C=O) groups is 1. The lowest BCUT2D eigenvalue weighted by Crippen LogP contribution is -2.38. The van der Waals surface area contributed by atoms with Gasteiger partial charge < -0.3 is 10.1 Å². The zero-order valence-electron chi connectivity index (χ0n) is 16.2. The van der Waals surface area contributed by atoms with E-state index in [0.717, 1.165) is 12.3 Å². The van der Waals surface area contributed by atoms with Gasteiger partial charge in [0.1, 0.15) is 12.3 Å². The van der Waals surface area contributed by atoms with Crippen LogP contribution in [0, 0.1) is 27.2 Å².